The Morgan fingerprint density at radius 3 is 3.07 bits per heavy atom. The number of rotatable bonds is 3. The zero-order valence-electron chi connectivity index (χ0n) is 7.84. The Balaban J connectivity index is 2.88. The molecule has 1 aromatic heterocycles. The first-order chi connectivity index (χ1) is 6.65. The first kappa shape index (κ1) is 10.6. The van der Waals surface area contributed by atoms with E-state index in [9.17, 15) is 0 Å². The molecule has 72 valence electrons. The molecule has 0 unspecified atom stereocenters. The average molecular weight is 208 g/mol. The van der Waals surface area contributed by atoms with E-state index in [0.29, 0.717) is 22.9 Å². The van der Waals surface area contributed by atoms with Crippen LogP contribution in [-0.4, -0.2) is 11.5 Å². The van der Waals surface area contributed by atoms with Gasteiger partial charge < -0.3 is 5.32 Å². The highest BCUT2D eigenvalue weighted by Gasteiger charge is 2.05. The van der Waals surface area contributed by atoms with Gasteiger partial charge in [-0.25, -0.2) is 4.98 Å². The third-order valence-electron chi connectivity index (χ3n) is 1.57. The van der Waals surface area contributed by atoms with Crippen molar-refractivity contribution in [1.82, 2.24) is 4.98 Å². The molecule has 1 aromatic rings. The summed E-state index contributed by atoms with van der Waals surface area (Å²) in [7, 11) is 0. The summed E-state index contributed by atoms with van der Waals surface area (Å²) in [6, 6.07) is 3.57. The molecule has 0 spiro atoms. The van der Waals surface area contributed by atoms with Gasteiger partial charge in [0.25, 0.3) is 0 Å². The highest BCUT2D eigenvalue weighted by atomic mass is 35.5. The van der Waals surface area contributed by atoms with E-state index in [2.05, 4.69) is 16.9 Å². The lowest BCUT2D eigenvalue weighted by Crippen LogP contribution is -2.04. The van der Waals surface area contributed by atoms with Gasteiger partial charge in [-0.2, -0.15) is 5.26 Å². The monoisotopic (exact) mass is 207 g/mol. The summed E-state index contributed by atoms with van der Waals surface area (Å²) in [6.07, 6.45) is 1.55. The lowest BCUT2D eigenvalue weighted by atomic mass is 10.3. The van der Waals surface area contributed by atoms with Crippen molar-refractivity contribution in [2.45, 2.75) is 6.92 Å². The van der Waals surface area contributed by atoms with Crippen LogP contribution in [-0.2, 0) is 0 Å². The zero-order chi connectivity index (χ0) is 10.6. The van der Waals surface area contributed by atoms with E-state index in [1.165, 1.54) is 0 Å². The lowest BCUT2D eigenvalue weighted by molar-refractivity contribution is 1.16. The molecule has 0 radical (unpaired) electrons. The third kappa shape index (κ3) is 2.48. The molecule has 1 heterocycles. The lowest BCUT2D eigenvalue weighted by Gasteiger charge is -2.06. The van der Waals surface area contributed by atoms with Crippen molar-refractivity contribution in [2.24, 2.45) is 0 Å². The zero-order valence-corrected chi connectivity index (χ0v) is 8.60. The van der Waals surface area contributed by atoms with Crippen LogP contribution in [0, 0.1) is 11.3 Å². The Hall–Kier alpha value is -1.53. The molecule has 0 aliphatic carbocycles. The molecule has 0 aliphatic rings. The second-order valence-corrected chi connectivity index (χ2v) is 3.32. The number of pyridine rings is 1. The van der Waals surface area contributed by atoms with Gasteiger partial charge in [0.1, 0.15) is 16.9 Å². The number of nitriles is 1. The summed E-state index contributed by atoms with van der Waals surface area (Å²) in [5.74, 6) is 0.522. The van der Waals surface area contributed by atoms with E-state index < -0.39 is 0 Å². The Kier molecular flexibility index (Phi) is 3.49. The van der Waals surface area contributed by atoms with E-state index >= 15 is 0 Å². The predicted molar refractivity (Wildman–Crippen MR) is 57.3 cm³/mol. The van der Waals surface area contributed by atoms with Gasteiger partial charge in [-0.3, -0.25) is 0 Å². The van der Waals surface area contributed by atoms with Crippen LogP contribution < -0.4 is 5.32 Å². The summed E-state index contributed by atoms with van der Waals surface area (Å²) in [5.41, 5.74) is 1.40. The van der Waals surface area contributed by atoms with Crippen LogP contribution in [0.3, 0.4) is 0 Å². The Bertz CT molecular complexity index is 393. The maximum Gasteiger partial charge on any atom is 0.146 e. The van der Waals surface area contributed by atoms with Gasteiger partial charge in [-0.05, 0) is 13.0 Å². The molecule has 1 N–H and O–H groups in total. The van der Waals surface area contributed by atoms with E-state index in [1.54, 1.807) is 12.3 Å². The van der Waals surface area contributed by atoms with Crippen molar-refractivity contribution >= 4 is 17.4 Å². The molecule has 0 aliphatic heterocycles. The predicted octanol–water partition coefficient (Wildman–Crippen LogP) is 2.59. The molecule has 4 heteroatoms. The average Bonchev–Trinajstić information content (AvgIpc) is 2.16. The van der Waals surface area contributed by atoms with Gasteiger partial charge in [0.05, 0.1) is 5.56 Å². The molecule has 0 atom stereocenters. The summed E-state index contributed by atoms with van der Waals surface area (Å²) < 4.78 is 0. The number of hydrogen-bond donors (Lipinski definition) is 1. The van der Waals surface area contributed by atoms with Crippen molar-refractivity contribution in [2.75, 3.05) is 11.9 Å². The van der Waals surface area contributed by atoms with Crippen molar-refractivity contribution in [3.8, 4) is 6.07 Å². The number of aromatic nitrogens is 1. The maximum absolute atomic E-state index is 8.71. The van der Waals surface area contributed by atoms with Gasteiger partial charge >= 0.3 is 0 Å². The van der Waals surface area contributed by atoms with Gasteiger partial charge in [-0.15, -0.1) is 0 Å². The molecule has 0 fully saturated rings. The highest BCUT2D eigenvalue weighted by Crippen LogP contribution is 2.22. The van der Waals surface area contributed by atoms with Crippen LogP contribution in [0.5, 0.6) is 0 Å². The number of anilines is 1. The van der Waals surface area contributed by atoms with Gasteiger partial charge in [0, 0.05) is 12.7 Å². The number of hydrogen-bond acceptors (Lipinski definition) is 3. The standard InChI is InChI=1S/C10H10ClN3/c1-7(2)6-14-10-9(11)8(5-12)3-4-13-10/h3-4H,1,6H2,2H3,(H,13,14). The number of halogens is 1. The first-order valence-corrected chi connectivity index (χ1v) is 4.46. The highest BCUT2D eigenvalue weighted by molar-refractivity contribution is 6.34. The summed E-state index contributed by atoms with van der Waals surface area (Å²) in [6.45, 7) is 6.24. The van der Waals surface area contributed by atoms with Crippen molar-refractivity contribution < 1.29 is 0 Å². The van der Waals surface area contributed by atoms with Crippen LogP contribution in [0.15, 0.2) is 24.4 Å². The molecule has 0 saturated heterocycles. The number of nitrogens with zero attached hydrogens (tertiary/aromatic N) is 2. The molecule has 0 saturated carbocycles. The Morgan fingerprint density at radius 1 is 1.79 bits per heavy atom. The summed E-state index contributed by atoms with van der Waals surface area (Å²) in [5, 5.41) is 12.1. The van der Waals surface area contributed by atoms with Gasteiger partial charge in [0.15, 0.2) is 0 Å². The SMILES string of the molecule is C=C(C)CNc1nccc(C#N)c1Cl. The van der Waals surface area contributed by atoms with Gasteiger partial charge in [-0.1, -0.05) is 23.8 Å². The number of nitrogens with one attached hydrogen (secondary N) is 1. The molecule has 0 aromatic carbocycles. The summed E-state index contributed by atoms with van der Waals surface area (Å²) >= 11 is 5.92. The Labute approximate surface area is 88.0 Å². The second-order valence-electron chi connectivity index (χ2n) is 2.94. The first-order valence-electron chi connectivity index (χ1n) is 4.08. The molecule has 0 amide bonds. The molecule has 3 nitrogen and oxygen atoms in total. The molecular formula is C10H10ClN3. The largest absolute Gasteiger partial charge is 0.365 e. The summed E-state index contributed by atoms with van der Waals surface area (Å²) in [4.78, 5) is 4.02. The molecule has 14 heavy (non-hydrogen) atoms. The van der Waals surface area contributed by atoms with Crippen LogP contribution in [0.2, 0.25) is 5.02 Å². The van der Waals surface area contributed by atoms with Crippen LogP contribution in [0.1, 0.15) is 12.5 Å². The smallest absolute Gasteiger partial charge is 0.146 e. The molecule has 1 rings (SSSR count). The van der Waals surface area contributed by atoms with Crippen LogP contribution in [0.4, 0.5) is 5.82 Å². The van der Waals surface area contributed by atoms with E-state index in [-0.39, 0.29) is 0 Å². The maximum atomic E-state index is 8.71. The molecule has 0 bridgehead atoms. The van der Waals surface area contributed by atoms with E-state index in [4.69, 9.17) is 16.9 Å². The van der Waals surface area contributed by atoms with Crippen molar-refractivity contribution in [3.05, 3.63) is 35.0 Å². The fourth-order valence-corrected chi connectivity index (χ4v) is 1.11. The Morgan fingerprint density at radius 2 is 2.50 bits per heavy atom. The fraction of sp³-hybridized carbons (Fsp3) is 0.200. The topological polar surface area (TPSA) is 48.7 Å². The minimum atomic E-state index is 0.358. The van der Waals surface area contributed by atoms with E-state index in [1.807, 2.05) is 13.0 Å². The normalized spacial score (nSPS) is 9.21. The quantitative estimate of drug-likeness (QED) is 0.776. The van der Waals surface area contributed by atoms with Crippen LogP contribution in [0.25, 0.3) is 0 Å². The molecular weight excluding hydrogens is 198 g/mol. The minimum Gasteiger partial charge on any atom is -0.365 e. The van der Waals surface area contributed by atoms with Crippen molar-refractivity contribution in [3.63, 3.8) is 0 Å². The fourth-order valence-electron chi connectivity index (χ4n) is 0.888. The third-order valence-corrected chi connectivity index (χ3v) is 1.95. The van der Waals surface area contributed by atoms with Crippen LogP contribution >= 0.6 is 11.6 Å². The minimum absolute atomic E-state index is 0.358. The van der Waals surface area contributed by atoms with E-state index in [0.717, 1.165) is 5.57 Å². The second kappa shape index (κ2) is 4.64. The van der Waals surface area contributed by atoms with Gasteiger partial charge in [0.2, 0.25) is 0 Å². The van der Waals surface area contributed by atoms with Crippen molar-refractivity contribution in [1.29, 1.82) is 5.26 Å².